The second kappa shape index (κ2) is 4.88. The molecule has 3 heteroatoms. The molecule has 4 rings (SSSR count). The number of amides is 1. The van der Waals surface area contributed by atoms with Gasteiger partial charge >= 0.3 is 0 Å². The molecule has 0 spiro atoms. The maximum atomic E-state index is 12.7. The van der Waals surface area contributed by atoms with E-state index in [0.717, 1.165) is 33.3 Å². The molecule has 0 saturated heterocycles. The maximum Gasteiger partial charge on any atom is 0.259 e. The SMILES string of the molecule is COc1cccc(CN2C(=O)c3cccc4cccc2c34)c1. The summed E-state index contributed by atoms with van der Waals surface area (Å²) < 4.78 is 5.26. The van der Waals surface area contributed by atoms with Gasteiger partial charge in [0.1, 0.15) is 5.75 Å². The number of hydrogen-bond acceptors (Lipinski definition) is 2. The van der Waals surface area contributed by atoms with Gasteiger partial charge in [0.2, 0.25) is 0 Å². The number of rotatable bonds is 3. The fraction of sp³-hybridized carbons (Fsp3) is 0.105. The molecule has 0 fully saturated rings. The minimum absolute atomic E-state index is 0.0645. The Balaban J connectivity index is 1.78. The molecular weight excluding hydrogens is 274 g/mol. The molecule has 3 aromatic rings. The van der Waals surface area contributed by atoms with E-state index in [1.807, 2.05) is 65.6 Å². The predicted octanol–water partition coefficient (Wildman–Crippen LogP) is 4.01. The number of anilines is 1. The first-order chi connectivity index (χ1) is 10.8. The minimum atomic E-state index is 0.0645. The summed E-state index contributed by atoms with van der Waals surface area (Å²) in [4.78, 5) is 14.6. The molecule has 0 unspecified atom stereocenters. The van der Waals surface area contributed by atoms with Crippen molar-refractivity contribution >= 4 is 22.4 Å². The molecule has 1 amide bonds. The summed E-state index contributed by atoms with van der Waals surface area (Å²) in [7, 11) is 1.65. The van der Waals surface area contributed by atoms with Gasteiger partial charge in [0.15, 0.2) is 0 Å². The fourth-order valence-electron chi connectivity index (χ4n) is 3.09. The van der Waals surface area contributed by atoms with Gasteiger partial charge < -0.3 is 9.64 Å². The topological polar surface area (TPSA) is 29.5 Å². The first-order valence-electron chi connectivity index (χ1n) is 7.24. The van der Waals surface area contributed by atoms with Crippen LogP contribution in [0, 0.1) is 0 Å². The molecule has 0 aromatic heterocycles. The van der Waals surface area contributed by atoms with Crippen LogP contribution in [0.3, 0.4) is 0 Å². The van der Waals surface area contributed by atoms with E-state index >= 15 is 0 Å². The molecule has 1 heterocycles. The Kier molecular flexibility index (Phi) is 2.86. The maximum absolute atomic E-state index is 12.7. The summed E-state index contributed by atoms with van der Waals surface area (Å²) in [6.45, 7) is 0.545. The second-order valence-corrected chi connectivity index (χ2v) is 5.42. The summed E-state index contributed by atoms with van der Waals surface area (Å²) in [6, 6.07) is 19.8. The highest BCUT2D eigenvalue weighted by Gasteiger charge is 2.29. The van der Waals surface area contributed by atoms with Crippen molar-refractivity contribution in [2.75, 3.05) is 12.0 Å². The average molecular weight is 289 g/mol. The van der Waals surface area contributed by atoms with Gasteiger partial charge in [-0.3, -0.25) is 4.79 Å². The lowest BCUT2D eigenvalue weighted by atomic mass is 10.1. The molecule has 1 aliphatic heterocycles. The highest BCUT2D eigenvalue weighted by molar-refractivity contribution is 6.24. The van der Waals surface area contributed by atoms with Crippen molar-refractivity contribution in [3.63, 3.8) is 0 Å². The van der Waals surface area contributed by atoms with Crippen molar-refractivity contribution in [1.82, 2.24) is 0 Å². The summed E-state index contributed by atoms with van der Waals surface area (Å²) >= 11 is 0. The van der Waals surface area contributed by atoms with Crippen LogP contribution in [0.1, 0.15) is 15.9 Å². The van der Waals surface area contributed by atoms with Gasteiger partial charge in [-0.05, 0) is 35.2 Å². The van der Waals surface area contributed by atoms with Crippen LogP contribution in [-0.4, -0.2) is 13.0 Å². The van der Waals surface area contributed by atoms with Crippen molar-refractivity contribution in [3.8, 4) is 5.75 Å². The van der Waals surface area contributed by atoms with Crippen LogP contribution in [0.15, 0.2) is 60.7 Å². The number of nitrogens with zero attached hydrogens (tertiary/aromatic N) is 1. The standard InChI is InChI=1S/C19H15NO2/c1-22-15-8-2-5-13(11-15)12-20-17-10-4-7-14-6-3-9-16(18(14)17)19(20)21/h2-11H,12H2,1H3. The Morgan fingerprint density at radius 2 is 1.77 bits per heavy atom. The van der Waals surface area contributed by atoms with Crippen molar-refractivity contribution in [2.45, 2.75) is 6.54 Å². The van der Waals surface area contributed by atoms with Crippen molar-refractivity contribution in [2.24, 2.45) is 0 Å². The summed E-state index contributed by atoms with van der Waals surface area (Å²) in [5, 5.41) is 2.16. The third-order valence-electron chi connectivity index (χ3n) is 4.12. The third-order valence-corrected chi connectivity index (χ3v) is 4.12. The number of methoxy groups -OCH3 is 1. The predicted molar refractivity (Wildman–Crippen MR) is 87.5 cm³/mol. The van der Waals surface area contributed by atoms with Crippen LogP contribution < -0.4 is 9.64 Å². The smallest absolute Gasteiger partial charge is 0.259 e. The molecule has 0 bridgehead atoms. The lowest BCUT2D eigenvalue weighted by molar-refractivity contribution is 0.0991. The number of benzene rings is 3. The minimum Gasteiger partial charge on any atom is -0.497 e. The van der Waals surface area contributed by atoms with Crippen LogP contribution in [0.2, 0.25) is 0 Å². The highest BCUT2D eigenvalue weighted by atomic mass is 16.5. The Morgan fingerprint density at radius 3 is 2.59 bits per heavy atom. The first-order valence-corrected chi connectivity index (χ1v) is 7.24. The molecule has 0 N–H and O–H groups in total. The van der Waals surface area contributed by atoms with Crippen molar-refractivity contribution < 1.29 is 9.53 Å². The van der Waals surface area contributed by atoms with Crippen molar-refractivity contribution in [1.29, 1.82) is 0 Å². The number of carbonyl (C=O) groups excluding carboxylic acids is 1. The van der Waals surface area contributed by atoms with E-state index in [4.69, 9.17) is 4.74 Å². The highest BCUT2D eigenvalue weighted by Crippen LogP contribution is 2.38. The Morgan fingerprint density at radius 1 is 1.00 bits per heavy atom. The third kappa shape index (κ3) is 1.86. The van der Waals surface area contributed by atoms with E-state index in [0.29, 0.717) is 6.54 Å². The Bertz CT molecular complexity index is 880. The van der Waals surface area contributed by atoms with E-state index in [1.165, 1.54) is 0 Å². The normalized spacial score (nSPS) is 13.0. The monoisotopic (exact) mass is 289 g/mol. The van der Waals surface area contributed by atoms with E-state index in [9.17, 15) is 4.79 Å². The number of carbonyl (C=O) groups is 1. The molecule has 0 atom stereocenters. The number of ether oxygens (including phenoxy) is 1. The van der Waals surface area contributed by atoms with Gasteiger partial charge in [-0.1, -0.05) is 36.4 Å². The second-order valence-electron chi connectivity index (χ2n) is 5.42. The van der Waals surface area contributed by atoms with E-state index in [-0.39, 0.29) is 5.91 Å². The fourth-order valence-corrected chi connectivity index (χ4v) is 3.09. The molecule has 0 aliphatic carbocycles. The lowest BCUT2D eigenvalue weighted by Gasteiger charge is -2.18. The van der Waals surface area contributed by atoms with Gasteiger partial charge in [0.05, 0.1) is 19.3 Å². The lowest BCUT2D eigenvalue weighted by Crippen LogP contribution is -2.26. The van der Waals surface area contributed by atoms with E-state index < -0.39 is 0 Å². The molecule has 3 aromatic carbocycles. The molecule has 108 valence electrons. The van der Waals surface area contributed by atoms with Crippen LogP contribution in [0.5, 0.6) is 5.75 Å². The summed E-state index contributed by atoms with van der Waals surface area (Å²) in [5.41, 5.74) is 2.83. The van der Waals surface area contributed by atoms with E-state index in [2.05, 4.69) is 0 Å². The molecule has 0 saturated carbocycles. The molecular formula is C19H15NO2. The largest absolute Gasteiger partial charge is 0.497 e. The molecule has 0 radical (unpaired) electrons. The Hall–Kier alpha value is -2.81. The van der Waals surface area contributed by atoms with Crippen LogP contribution >= 0.6 is 0 Å². The first kappa shape index (κ1) is 12.9. The quantitative estimate of drug-likeness (QED) is 0.729. The van der Waals surface area contributed by atoms with Gasteiger partial charge in [-0.2, -0.15) is 0 Å². The molecule has 3 nitrogen and oxygen atoms in total. The van der Waals surface area contributed by atoms with Gasteiger partial charge in [0.25, 0.3) is 5.91 Å². The summed E-state index contributed by atoms with van der Waals surface area (Å²) in [5.74, 6) is 0.870. The van der Waals surface area contributed by atoms with Crippen molar-refractivity contribution in [3.05, 3.63) is 71.8 Å². The van der Waals surface area contributed by atoms with E-state index in [1.54, 1.807) is 7.11 Å². The zero-order valence-electron chi connectivity index (χ0n) is 12.2. The molecule has 1 aliphatic rings. The molecule has 22 heavy (non-hydrogen) atoms. The zero-order chi connectivity index (χ0) is 15.1. The van der Waals surface area contributed by atoms with Gasteiger partial charge in [-0.15, -0.1) is 0 Å². The number of hydrogen-bond donors (Lipinski definition) is 0. The zero-order valence-corrected chi connectivity index (χ0v) is 12.2. The van der Waals surface area contributed by atoms with Crippen LogP contribution in [0.4, 0.5) is 5.69 Å². The van der Waals surface area contributed by atoms with Crippen LogP contribution in [0.25, 0.3) is 10.8 Å². The van der Waals surface area contributed by atoms with Crippen LogP contribution in [-0.2, 0) is 6.54 Å². The summed E-state index contributed by atoms with van der Waals surface area (Å²) in [6.07, 6.45) is 0. The van der Waals surface area contributed by atoms with Gasteiger partial charge in [0, 0.05) is 10.9 Å². The average Bonchev–Trinajstić information content (AvgIpc) is 2.83. The van der Waals surface area contributed by atoms with Gasteiger partial charge in [-0.25, -0.2) is 0 Å². The Labute approximate surface area is 128 Å².